The van der Waals surface area contributed by atoms with Gasteiger partial charge in [-0.05, 0) is 0 Å². The number of ether oxygens (including phenoxy) is 1. The lowest BCUT2D eigenvalue weighted by atomic mass is 10.2. The molecule has 0 radical (unpaired) electrons. The normalized spacial score (nSPS) is 11.4. The molecule has 1 aromatic rings. The molecule has 1 rings (SSSR count). The molecular weight excluding hydrogens is 205 g/mol. The topological polar surface area (TPSA) is 78.3 Å². The first-order chi connectivity index (χ1) is 6.38. The van der Waals surface area contributed by atoms with E-state index in [1.54, 1.807) is 0 Å². The number of nitrogens with two attached hydrogens (primary N) is 1. The van der Waals surface area contributed by atoms with Crippen molar-refractivity contribution in [1.82, 2.24) is 5.16 Å². The van der Waals surface area contributed by atoms with E-state index in [-0.39, 0.29) is 0 Å². The second-order valence-corrected chi connectivity index (χ2v) is 2.26. The minimum atomic E-state index is -4.80. The lowest BCUT2D eigenvalue weighted by Gasteiger charge is -2.03. The first-order valence-electron chi connectivity index (χ1n) is 3.28. The summed E-state index contributed by atoms with van der Waals surface area (Å²) in [5.41, 5.74) is 2.60. The number of anilines is 1. The number of rotatable bonds is 1. The first-order valence-corrected chi connectivity index (χ1v) is 3.28. The molecule has 8 heteroatoms. The number of carbonyl (C=O) groups is 1. The molecule has 0 saturated carbocycles. The Bertz CT molecular complexity index is 358. The number of alkyl halides is 3. The molecule has 0 fully saturated rings. The summed E-state index contributed by atoms with van der Waals surface area (Å²) in [5, 5.41) is 2.63. The highest BCUT2D eigenvalue weighted by molar-refractivity contribution is 5.95. The summed E-state index contributed by atoms with van der Waals surface area (Å²) in [4.78, 5) is 10.9. The predicted molar refractivity (Wildman–Crippen MR) is 37.3 cm³/mol. The molecule has 0 amide bonds. The van der Waals surface area contributed by atoms with E-state index >= 15 is 0 Å². The average molecular weight is 210 g/mol. The summed E-state index contributed by atoms with van der Waals surface area (Å²) in [6.07, 6.45) is -4.80. The lowest BCUT2D eigenvalue weighted by molar-refractivity contribution is -0.143. The van der Waals surface area contributed by atoms with Crippen molar-refractivity contribution in [2.24, 2.45) is 0 Å². The number of esters is 1. The van der Waals surface area contributed by atoms with E-state index in [4.69, 9.17) is 5.73 Å². The van der Waals surface area contributed by atoms with Crippen molar-refractivity contribution in [2.75, 3.05) is 12.8 Å². The molecule has 0 bridgehead atoms. The summed E-state index contributed by atoms with van der Waals surface area (Å²) in [6.45, 7) is 0. The fraction of sp³-hybridized carbons (Fsp3) is 0.333. The molecule has 0 unspecified atom stereocenters. The maximum atomic E-state index is 12.2. The van der Waals surface area contributed by atoms with Crippen molar-refractivity contribution >= 4 is 11.9 Å². The summed E-state index contributed by atoms with van der Waals surface area (Å²) in [5.74, 6) is -1.96. The van der Waals surface area contributed by atoms with Gasteiger partial charge in [0.15, 0.2) is 5.56 Å². The van der Waals surface area contributed by atoms with Crippen molar-refractivity contribution < 1.29 is 27.2 Å². The third-order valence-electron chi connectivity index (χ3n) is 1.38. The van der Waals surface area contributed by atoms with Crippen LogP contribution in [0, 0.1) is 0 Å². The van der Waals surface area contributed by atoms with Crippen molar-refractivity contribution in [3.8, 4) is 0 Å². The molecule has 5 nitrogen and oxygen atoms in total. The van der Waals surface area contributed by atoms with Crippen LogP contribution in [-0.2, 0) is 10.9 Å². The molecule has 0 saturated heterocycles. The summed E-state index contributed by atoms with van der Waals surface area (Å²) in [7, 11) is 0.926. The molecule has 14 heavy (non-hydrogen) atoms. The third kappa shape index (κ3) is 1.63. The largest absolute Gasteiger partial charge is 0.465 e. The van der Waals surface area contributed by atoms with E-state index in [2.05, 4.69) is 14.4 Å². The van der Waals surface area contributed by atoms with Crippen LogP contribution < -0.4 is 5.73 Å². The Balaban J connectivity index is 3.26. The Hall–Kier alpha value is -1.73. The van der Waals surface area contributed by atoms with Gasteiger partial charge in [0, 0.05) is 0 Å². The van der Waals surface area contributed by atoms with Gasteiger partial charge in [-0.3, -0.25) is 0 Å². The molecule has 0 aliphatic carbocycles. The van der Waals surface area contributed by atoms with Gasteiger partial charge in [-0.25, -0.2) is 4.79 Å². The van der Waals surface area contributed by atoms with Crippen LogP contribution in [0.5, 0.6) is 0 Å². The van der Waals surface area contributed by atoms with E-state index in [1.165, 1.54) is 0 Å². The van der Waals surface area contributed by atoms with Crippen LogP contribution in [0.3, 0.4) is 0 Å². The van der Waals surface area contributed by atoms with Gasteiger partial charge < -0.3 is 15.0 Å². The van der Waals surface area contributed by atoms with Gasteiger partial charge >= 0.3 is 12.1 Å². The minimum absolute atomic E-state index is 0.718. The van der Waals surface area contributed by atoms with Gasteiger partial charge in [-0.1, -0.05) is 5.16 Å². The molecule has 0 aromatic carbocycles. The Labute approximate surface area is 75.6 Å². The molecule has 0 atom stereocenters. The smallest absolute Gasteiger partial charge is 0.437 e. The van der Waals surface area contributed by atoms with Crippen molar-refractivity contribution in [1.29, 1.82) is 0 Å². The minimum Gasteiger partial charge on any atom is -0.465 e. The van der Waals surface area contributed by atoms with Crippen molar-refractivity contribution in [2.45, 2.75) is 6.18 Å². The number of nitrogen functional groups attached to an aromatic ring is 1. The number of hydrogen-bond donors (Lipinski definition) is 1. The zero-order valence-corrected chi connectivity index (χ0v) is 6.88. The number of hydrogen-bond acceptors (Lipinski definition) is 5. The van der Waals surface area contributed by atoms with Crippen LogP contribution >= 0.6 is 0 Å². The standard InChI is InChI=1S/C6H5F3N2O3/c1-13-5(12)2-3(6(7,8)9)11-14-4(2)10/h10H2,1H3. The molecule has 0 spiro atoms. The van der Waals surface area contributed by atoms with Crippen molar-refractivity contribution in [3.05, 3.63) is 11.3 Å². The van der Waals surface area contributed by atoms with E-state index in [9.17, 15) is 18.0 Å². The van der Waals surface area contributed by atoms with Gasteiger partial charge in [0.25, 0.3) is 0 Å². The highest BCUT2D eigenvalue weighted by Crippen LogP contribution is 2.33. The SMILES string of the molecule is COC(=O)c1c(C(F)(F)F)noc1N. The van der Waals surface area contributed by atoms with Gasteiger partial charge in [-0.15, -0.1) is 0 Å². The van der Waals surface area contributed by atoms with Gasteiger partial charge in [-0.2, -0.15) is 13.2 Å². The third-order valence-corrected chi connectivity index (χ3v) is 1.38. The van der Waals surface area contributed by atoms with E-state index in [0.29, 0.717) is 0 Å². The molecule has 1 heterocycles. The molecular formula is C6H5F3N2O3. The zero-order valence-electron chi connectivity index (χ0n) is 6.88. The molecule has 0 aliphatic rings. The fourth-order valence-electron chi connectivity index (χ4n) is 0.796. The maximum Gasteiger partial charge on any atom is 0.437 e. The van der Waals surface area contributed by atoms with Crippen molar-refractivity contribution in [3.63, 3.8) is 0 Å². The summed E-state index contributed by atoms with van der Waals surface area (Å²) < 4.78 is 44.7. The Morgan fingerprint density at radius 2 is 2.14 bits per heavy atom. The molecule has 0 aliphatic heterocycles. The second kappa shape index (κ2) is 3.20. The number of carbonyl (C=O) groups excluding carboxylic acids is 1. The Morgan fingerprint density at radius 3 is 2.57 bits per heavy atom. The van der Waals surface area contributed by atoms with E-state index in [0.717, 1.165) is 7.11 Å². The second-order valence-electron chi connectivity index (χ2n) is 2.26. The fourth-order valence-corrected chi connectivity index (χ4v) is 0.796. The summed E-state index contributed by atoms with van der Waals surface area (Å²) >= 11 is 0. The van der Waals surface area contributed by atoms with Crippen LogP contribution in [0.25, 0.3) is 0 Å². The first kappa shape index (κ1) is 10.4. The number of aromatic nitrogens is 1. The Morgan fingerprint density at radius 1 is 1.57 bits per heavy atom. The van der Waals surface area contributed by atoms with Crippen LogP contribution in [-0.4, -0.2) is 18.2 Å². The quantitative estimate of drug-likeness (QED) is 0.701. The number of halogens is 3. The molecule has 78 valence electrons. The predicted octanol–water partition coefficient (Wildman–Crippen LogP) is 1.06. The zero-order chi connectivity index (χ0) is 10.9. The number of nitrogens with zero attached hydrogens (tertiary/aromatic N) is 1. The molecule has 2 N–H and O–H groups in total. The van der Waals surface area contributed by atoms with Crippen LogP contribution in [0.15, 0.2) is 4.52 Å². The number of methoxy groups -OCH3 is 1. The van der Waals surface area contributed by atoms with Crippen LogP contribution in [0.2, 0.25) is 0 Å². The van der Waals surface area contributed by atoms with Gasteiger partial charge in [0.1, 0.15) is 0 Å². The van der Waals surface area contributed by atoms with Gasteiger partial charge in [0.2, 0.25) is 11.6 Å². The maximum absolute atomic E-state index is 12.2. The van der Waals surface area contributed by atoms with E-state index in [1.807, 2.05) is 0 Å². The highest BCUT2D eigenvalue weighted by atomic mass is 19.4. The van der Waals surface area contributed by atoms with Crippen LogP contribution in [0.4, 0.5) is 19.1 Å². The van der Waals surface area contributed by atoms with Crippen LogP contribution in [0.1, 0.15) is 16.1 Å². The molecule has 1 aromatic heterocycles. The highest BCUT2D eigenvalue weighted by Gasteiger charge is 2.41. The monoisotopic (exact) mass is 210 g/mol. The average Bonchev–Trinajstić information content (AvgIpc) is 2.45. The Kier molecular flexibility index (Phi) is 2.37. The summed E-state index contributed by atoms with van der Waals surface area (Å²) in [6, 6.07) is 0. The van der Waals surface area contributed by atoms with E-state index < -0.39 is 29.3 Å². The lowest BCUT2D eigenvalue weighted by Crippen LogP contribution is -2.14. The van der Waals surface area contributed by atoms with Gasteiger partial charge in [0.05, 0.1) is 7.11 Å².